The Bertz CT molecular complexity index is 630. The van der Waals surface area contributed by atoms with Crippen molar-refractivity contribution in [3.8, 4) is 0 Å². The Hall–Kier alpha value is -1.92. The van der Waals surface area contributed by atoms with Crippen LogP contribution in [0.5, 0.6) is 0 Å². The van der Waals surface area contributed by atoms with Crippen LogP contribution in [0.1, 0.15) is 21.6 Å². The van der Waals surface area contributed by atoms with Crippen molar-refractivity contribution in [3.63, 3.8) is 0 Å². The highest BCUT2D eigenvalue weighted by Gasteiger charge is 2.11. The lowest BCUT2D eigenvalue weighted by atomic mass is 10.2. The van der Waals surface area contributed by atoms with Gasteiger partial charge in [0.1, 0.15) is 0 Å². The molecule has 0 aliphatic rings. The van der Waals surface area contributed by atoms with Crippen molar-refractivity contribution in [2.75, 3.05) is 5.43 Å². The SMILES string of the molecule is Cc1cc(NN)c(C(=O)NCc2cccc(Br)c2)cn1. The standard InChI is InChI=1S/C14H15BrN4O/c1-9-5-13(19-16)12(8-17-9)14(20)18-7-10-3-2-4-11(15)6-10/h2-6,8H,7,16H2,1H3,(H,17,19)(H,18,20). The predicted molar refractivity (Wildman–Crippen MR) is 82.1 cm³/mol. The van der Waals surface area contributed by atoms with Crippen LogP contribution >= 0.6 is 15.9 Å². The molecule has 0 radical (unpaired) electrons. The minimum absolute atomic E-state index is 0.217. The highest BCUT2D eigenvalue weighted by molar-refractivity contribution is 9.10. The van der Waals surface area contributed by atoms with E-state index in [1.54, 1.807) is 6.07 Å². The van der Waals surface area contributed by atoms with Crippen molar-refractivity contribution in [2.24, 2.45) is 5.84 Å². The van der Waals surface area contributed by atoms with E-state index in [2.05, 4.69) is 31.7 Å². The summed E-state index contributed by atoms with van der Waals surface area (Å²) in [6, 6.07) is 9.49. The summed E-state index contributed by atoms with van der Waals surface area (Å²) in [5.41, 5.74) is 5.30. The van der Waals surface area contributed by atoms with E-state index in [4.69, 9.17) is 5.84 Å². The van der Waals surface area contributed by atoms with Crippen LogP contribution in [0.15, 0.2) is 41.0 Å². The molecule has 1 heterocycles. The molecule has 0 aliphatic carbocycles. The number of hydrogen-bond donors (Lipinski definition) is 3. The van der Waals surface area contributed by atoms with Crippen LogP contribution in [0.25, 0.3) is 0 Å². The van der Waals surface area contributed by atoms with Gasteiger partial charge in [-0.3, -0.25) is 15.6 Å². The van der Waals surface area contributed by atoms with E-state index in [9.17, 15) is 4.79 Å². The summed E-state index contributed by atoms with van der Waals surface area (Å²) in [5, 5.41) is 2.84. The van der Waals surface area contributed by atoms with Crippen LogP contribution in [0.2, 0.25) is 0 Å². The van der Waals surface area contributed by atoms with Crippen molar-refractivity contribution in [1.82, 2.24) is 10.3 Å². The molecule has 5 nitrogen and oxygen atoms in total. The number of amides is 1. The van der Waals surface area contributed by atoms with E-state index in [1.807, 2.05) is 31.2 Å². The van der Waals surface area contributed by atoms with Gasteiger partial charge in [0.25, 0.3) is 5.91 Å². The molecular weight excluding hydrogens is 320 g/mol. The number of carbonyl (C=O) groups is 1. The molecule has 2 rings (SSSR count). The first kappa shape index (κ1) is 14.5. The molecule has 6 heteroatoms. The number of rotatable bonds is 4. The fourth-order valence-corrected chi connectivity index (χ4v) is 2.23. The third-order valence-electron chi connectivity index (χ3n) is 2.78. The maximum Gasteiger partial charge on any atom is 0.255 e. The van der Waals surface area contributed by atoms with E-state index < -0.39 is 0 Å². The molecule has 0 saturated heterocycles. The number of nitrogens with two attached hydrogens (primary N) is 1. The molecule has 20 heavy (non-hydrogen) atoms. The second-order valence-electron chi connectivity index (χ2n) is 4.33. The average Bonchev–Trinajstić information content (AvgIpc) is 2.44. The second kappa shape index (κ2) is 6.49. The lowest BCUT2D eigenvalue weighted by Crippen LogP contribution is -2.25. The Morgan fingerprint density at radius 2 is 2.20 bits per heavy atom. The topological polar surface area (TPSA) is 80.0 Å². The van der Waals surface area contributed by atoms with Crippen molar-refractivity contribution in [1.29, 1.82) is 0 Å². The number of benzene rings is 1. The number of carbonyl (C=O) groups excluding carboxylic acids is 1. The van der Waals surface area contributed by atoms with Gasteiger partial charge in [0.2, 0.25) is 0 Å². The predicted octanol–water partition coefficient (Wildman–Crippen LogP) is 2.37. The number of halogens is 1. The smallest absolute Gasteiger partial charge is 0.255 e. The summed E-state index contributed by atoms with van der Waals surface area (Å²) >= 11 is 3.40. The van der Waals surface area contributed by atoms with Crippen molar-refractivity contribution in [3.05, 3.63) is 57.8 Å². The van der Waals surface area contributed by atoms with Gasteiger partial charge in [0, 0.05) is 22.9 Å². The molecule has 0 unspecified atom stereocenters. The number of aryl methyl sites for hydroxylation is 1. The third-order valence-corrected chi connectivity index (χ3v) is 3.28. The maximum atomic E-state index is 12.1. The Morgan fingerprint density at radius 1 is 1.40 bits per heavy atom. The summed E-state index contributed by atoms with van der Waals surface area (Å²) in [6.07, 6.45) is 1.51. The largest absolute Gasteiger partial charge is 0.348 e. The molecule has 1 aromatic heterocycles. The zero-order valence-electron chi connectivity index (χ0n) is 11.0. The van der Waals surface area contributed by atoms with Gasteiger partial charge < -0.3 is 10.7 Å². The highest BCUT2D eigenvalue weighted by atomic mass is 79.9. The molecule has 0 saturated carbocycles. The Morgan fingerprint density at radius 3 is 2.90 bits per heavy atom. The quantitative estimate of drug-likeness (QED) is 0.592. The van der Waals surface area contributed by atoms with Crippen LogP contribution in [-0.4, -0.2) is 10.9 Å². The molecule has 1 amide bonds. The number of pyridine rings is 1. The maximum absolute atomic E-state index is 12.1. The minimum atomic E-state index is -0.217. The second-order valence-corrected chi connectivity index (χ2v) is 5.24. The van der Waals surface area contributed by atoms with E-state index in [0.717, 1.165) is 15.7 Å². The van der Waals surface area contributed by atoms with Gasteiger partial charge in [0.15, 0.2) is 0 Å². The van der Waals surface area contributed by atoms with E-state index in [0.29, 0.717) is 17.8 Å². The molecule has 0 spiro atoms. The zero-order chi connectivity index (χ0) is 14.5. The number of nitrogens with one attached hydrogen (secondary N) is 2. The molecule has 1 aromatic carbocycles. The summed E-state index contributed by atoms with van der Waals surface area (Å²) in [4.78, 5) is 16.2. The van der Waals surface area contributed by atoms with Gasteiger partial charge in [-0.25, -0.2) is 0 Å². The van der Waals surface area contributed by atoms with E-state index in [1.165, 1.54) is 6.20 Å². The molecule has 0 atom stereocenters. The van der Waals surface area contributed by atoms with Crippen LogP contribution in [0.4, 0.5) is 5.69 Å². The molecule has 4 N–H and O–H groups in total. The Labute approximate surface area is 125 Å². The fraction of sp³-hybridized carbons (Fsp3) is 0.143. The van der Waals surface area contributed by atoms with Gasteiger partial charge in [0.05, 0.1) is 11.3 Å². The lowest BCUT2D eigenvalue weighted by Gasteiger charge is -2.10. The van der Waals surface area contributed by atoms with Crippen LogP contribution < -0.4 is 16.6 Å². The first-order valence-electron chi connectivity index (χ1n) is 6.06. The van der Waals surface area contributed by atoms with Crippen LogP contribution in [0.3, 0.4) is 0 Å². The average molecular weight is 335 g/mol. The minimum Gasteiger partial charge on any atom is -0.348 e. The number of nitrogens with zero attached hydrogens (tertiary/aromatic N) is 1. The summed E-state index contributed by atoms with van der Waals surface area (Å²) in [6.45, 7) is 2.28. The summed E-state index contributed by atoms with van der Waals surface area (Å²) < 4.78 is 0.977. The normalized spacial score (nSPS) is 10.2. The number of nitrogen functional groups attached to an aromatic ring is 1. The summed E-state index contributed by atoms with van der Waals surface area (Å²) in [5.74, 6) is 5.20. The van der Waals surface area contributed by atoms with Gasteiger partial charge in [-0.2, -0.15) is 0 Å². The van der Waals surface area contributed by atoms with Gasteiger partial charge in [-0.1, -0.05) is 28.1 Å². The monoisotopic (exact) mass is 334 g/mol. The first-order chi connectivity index (χ1) is 9.60. The number of aromatic nitrogens is 1. The molecule has 0 bridgehead atoms. The fourth-order valence-electron chi connectivity index (χ4n) is 1.78. The molecule has 2 aromatic rings. The van der Waals surface area contributed by atoms with E-state index >= 15 is 0 Å². The summed E-state index contributed by atoms with van der Waals surface area (Å²) in [7, 11) is 0. The first-order valence-corrected chi connectivity index (χ1v) is 6.85. The number of anilines is 1. The van der Waals surface area contributed by atoms with Gasteiger partial charge >= 0.3 is 0 Å². The molecule has 0 fully saturated rings. The van der Waals surface area contributed by atoms with E-state index in [-0.39, 0.29) is 5.91 Å². The van der Waals surface area contributed by atoms with Crippen LogP contribution in [0, 0.1) is 6.92 Å². The lowest BCUT2D eigenvalue weighted by molar-refractivity contribution is 0.0951. The number of hydrazine groups is 1. The number of hydrogen-bond acceptors (Lipinski definition) is 4. The molecular formula is C14H15BrN4O. The van der Waals surface area contributed by atoms with Crippen molar-refractivity contribution < 1.29 is 4.79 Å². The van der Waals surface area contributed by atoms with Crippen molar-refractivity contribution >= 4 is 27.5 Å². The van der Waals surface area contributed by atoms with Gasteiger partial charge in [-0.05, 0) is 30.7 Å². The zero-order valence-corrected chi connectivity index (χ0v) is 12.6. The van der Waals surface area contributed by atoms with Crippen molar-refractivity contribution in [2.45, 2.75) is 13.5 Å². The molecule has 0 aliphatic heterocycles. The van der Waals surface area contributed by atoms with Gasteiger partial charge in [-0.15, -0.1) is 0 Å². The molecule has 104 valence electrons. The third kappa shape index (κ3) is 3.55. The Balaban J connectivity index is 2.09. The highest BCUT2D eigenvalue weighted by Crippen LogP contribution is 2.15. The van der Waals surface area contributed by atoms with Crippen LogP contribution in [-0.2, 0) is 6.54 Å². The Kier molecular flexibility index (Phi) is 4.70.